The summed E-state index contributed by atoms with van der Waals surface area (Å²) < 4.78 is 129. The largest absolute Gasteiger partial charge is 0.342 e. The smallest absolute Gasteiger partial charge is 0.237 e. The zero-order chi connectivity index (χ0) is 32.8. The van der Waals surface area contributed by atoms with Gasteiger partial charge in [0.15, 0.2) is 11.6 Å². The lowest BCUT2D eigenvalue weighted by Gasteiger charge is -2.39. The molecule has 0 N–H and O–H groups in total. The van der Waals surface area contributed by atoms with Crippen molar-refractivity contribution in [3.8, 4) is 23.0 Å². The van der Waals surface area contributed by atoms with Crippen LogP contribution in [0.1, 0.15) is 61.1 Å². The molecule has 1 aliphatic heterocycles. The zero-order valence-electron chi connectivity index (χ0n) is 28.4. The third-order valence-electron chi connectivity index (χ3n) is 4.91. The number of halogens is 2. The number of hydrogen-bond acceptors (Lipinski definition) is 6. The fourth-order valence-electron chi connectivity index (χ4n) is 3.63. The summed E-state index contributed by atoms with van der Waals surface area (Å²) in [6.45, 7) is -9.53. The SMILES string of the molecule is [2H]C([2H])([2H])C([2H])([2H])[C@@H]1c2nnc(C)n2-c2cnc(-n3ccnc3-c3cc(F)cc(F)c3)nc2N1C([2H])(C([2H])([2H])[2H])C([2H])([2H])[2H]. The molecule has 1 aromatic carbocycles. The number of imidazole rings is 1. The van der Waals surface area contributed by atoms with Crippen LogP contribution in [0.25, 0.3) is 23.0 Å². The first-order valence-electron chi connectivity index (χ1n) is 15.2. The van der Waals surface area contributed by atoms with Gasteiger partial charge >= 0.3 is 0 Å². The second-order valence-electron chi connectivity index (χ2n) is 6.86. The summed E-state index contributed by atoms with van der Waals surface area (Å²) in [7, 11) is 0. The maximum atomic E-state index is 14.0. The van der Waals surface area contributed by atoms with Gasteiger partial charge in [-0.3, -0.25) is 9.13 Å². The highest BCUT2D eigenvalue weighted by molar-refractivity contribution is 5.64. The maximum Gasteiger partial charge on any atom is 0.237 e. The average Bonchev–Trinajstić information content (AvgIpc) is 3.52. The van der Waals surface area contributed by atoms with Crippen LogP contribution in [0.5, 0.6) is 0 Å². The molecular weight excluding hydrogens is 414 g/mol. The third kappa shape index (κ3) is 3.05. The van der Waals surface area contributed by atoms with E-state index in [0.29, 0.717) is 6.07 Å². The lowest BCUT2D eigenvalue weighted by atomic mass is 10.1. The van der Waals surface area contributed by atoms with Gasteiger partial charge in [-0.05, 0) is 39.1 Å². The van der Waals surface area contributed by atoms with E-state index in [9.17, 15) is 8.78 Å². The Labute approximate surface area is 200 Å². The summed E-state index contributed by atoms with van der Waals surface area (Å²) in [6, 6.07) is -3.49. The molecule has 0 aliphatic carbocycles. The van der Waals surface area contributed by atoms with E-state index in [1.54, 1.807) is 0 Å². The first kappa shape index (κ1) is 10.8. The highest BCUT2D eigenvalue weighted by atomic mass is 19.1. The monoisotopic (exact) mass is 448 g/mol. The number of hydrogen-bond donors (Lipinski definition) is 0. The van der Waals surface area contributed by atoms with Crippen LogP contribution in [0, 0.1) is 18.6 Å². The highest BCUT2D eigenvalue weighted by Gasteiger charge is 2.36. The number of aromatic nitrogens is 7. The second-order valence-corrected chi connectivity index (χ2v) is 6.86. The Morgan fingerprint density at radius 2 is 2.00 bits per heavy atom. The van der Waals surface area contributed by atoms with Crippen LogP contribution in [0.3, 0.4) is 0 Å². The Morgan fingerprint density at radius 3 is 2.75 bits per heavy atom. The Balaban J connectivity index is 1.88. The van der Waals surface area contributed by atoms with Gasteiger partial charge in [0, 0.05) is 45.1 Å². The van der Waals surface area contributed by atoms with E-state index in [-0.39, 0.29) is 33.7 Å². The molecule has 0 saturated carbocycles. The lowest BCUT2D eigenvalue weighted by Crippen LogP contribution is -2.40. The minimum atomic E-state index is -3.72. The molecule has 10 heteroatoms. The van der Waals surface area contributed by atoms with Gasteiger partial charge in [0.2, 0.25) is 5.95 Å². The van der Waals surface area contributed by atoms with E-state index < -0.39 is 62.3 Å². The van der Waals surface area contributed by atoms with Gasteiger partial charge in [-0.25, -0.2) is 18.7 Å². The Hall–Kier alpha value is -3.69. The fraction of sp³-hybridized carbons (Fsp3) is 0.318. The van der Waals surface area contributed by atoms with Crippen LogP contribution >= 0.6 is 0 Å². The van der Waals surface area contributed by atoms with Crippen molar-refractivity contribution in [2.24, 2.45) is 0 Å². The van der Waals surface area contributed by atoms with Gasteiger partial charge in [-0.2, -0.15) is 4.98 Å². The zero-order valence-corrected chi connectivity index (χ0v) is 16.4. The van der Waals surface area contributed by atoms with Crippen molar-refractivity contribution < 1.29 is 25.2 Å². The molecule has 5 rings (SSSR count). The van der Waals surface area contributed by atoms with E-state index in [2.05, 4.69) is 25.1 Å². The first-order valence-corrected chi connectivity index (χ1v) is 9.20. The van der Waals surface area contributed by atoms with Gasteiger partial charge in [-0.15, -0.1) is 10.2 Å². The molecule has 4 aromatic rings. The molecule has 0 bridgehead atoms. The second kappa shape index (κ2) is 7.47. The van der Waals surface area contributed by atoms with E-state index in [1.807, 2.05) is 0 Å². The summed E-state index contributed by atoms with van der Waals surface area (Å²) in [5.74, 6) is -3.41. The van der Waals surface area contributed by atoms with Crippen molar-refractivity contribution in [3.63, 3.8) is 0 Å². The summed E-state index contributed by atoms with van der Waals surface area (Å²) in [5.41, 5.74) is -0.244. The summed E-state index contributed by atoms with van der Waals surface area (Å²) in [5, 5.41) is 7.75. The molecule has 32 heavy (non-hydrogen) atoms. The van der Waals surface area contributed by atoms with Gasteiger partial charge in [0.1, 0.15) is 29.0 Å². The van der Waals surface area contributed by atoms with Crippen LogP contribution in [-0.2, 0) is 0 Å². The van der Waals surface area contributed by atoms with Crippen LogP contribution in [0.15, 0.2) is 36.8 Å². The summed E-state index contributed by atoms with van der Waals surface area (Å²) in [6.07, 6.45) is 0.162. The first-order chi connectivity index (χ1) is 20.1. The molecule has 0 amide bonds. The topological polar surface area (TPSA) is 77.5 Å². The summed E-state index contributed by atoms with van der Waals surface area (Å²) >= 11 is 0. The molecule has 0 radical (unpaired) electrons. The van der Waals surface area contributed by atoms with Crippen molar-refractivity contribution in [1.82, 2.24) is 34.3 Å². The predicted molar refractivity (Wildman–Crippen MR) is 115 cm³/mol. The quantitative estimate of drug-likeness (QED) is 0.466. The van der Waals surface area contributed by atoms with Crippen molar-refractivity contribution in [3.05, 3.63) is 60.1 Å². The molecule has 1 aliphatic rings. The Morgan fingerprint density at radius 1 is 1.19 bits per heavy atom. The molecule has 0 saturated heterocycles. The van der Waals surface area contributed by atoms with Crippen LogP contribution in [0.2, 0.25) is 0 Å². The van der Waals surface area contributed by atoms with Crippen molar-refractivity contribution in [2.75, 3.05) is 4.90 Å². The number of nitrogens with zero attached hydrogens (tertiary/aromatic N) is 8. The molecule has 4 heterocycles. The Kier molecular flexibility index (Phi) is 2.51. The fourth-order valence-corrected chi connectivity index (χ4v) is 3.63. The number of benzene rings is 1. The molecule has 3 aromatic heterocycles. The lowest BCUT2D eigenvalue weighted by molar-refractivity contribution is 0.496. The number of anilines is 1. The minimum Gasteiger partial charge on any atom is -0.342 e. The standard InChI is InChI=1S/C22H22F2N8/c1-5-17-21-29-28-13(4)32(21)18-11-26-22(27-20(18)31(17)12(2)3)30-7-6-25-19(30)14-8-15(23)10-16(24)9-14/h6-12,17H,5H2,1-4H3/t17-/m1/s1/i1D3,2D3,3D3,5D2,12D. The number of aryl methyl sites for hydroxylation is 1. The predicted octanol–water partition coefficient (Wildman–Crippen LogP) is 4.18. The minimum absolute atomic E-state index is 0.0560. The van der Waals surface area contributed by atoms with E-state index >= 15 is 0 Å². The molecule has 0 fully saturated rings. The Bertz CT molecular complexity index is 1710. The van der Waals surface area contributed by atoms with Crippen LogP contribution in [-0.4, -0.2) is 40.3 Å². The maximum absolute atomic E-state index is 14.0. The van der Waals surface area contributed by atoms with Gasteiger partial charge in [0.05, 0.1) is 13.6 Å². The van der Waals surface area contributed by atoms with E-state index in [4.69, 9.17) is 16.4 Å². The van der Waals surface area contributed by atoms with Gasteiger partial charge in [-0.1, -0.05) is 6.85 Å². The summed E-state index contributed by atoms with van der Waals surface area (Å²) in [4.78, 5) is 12.9. The van der Waals surface area contributed by atoms with E-state index in [0.717, 1.165) is 27.5 Å². The molecule has 0 spiro atoms. The highest BCUT2D eigenvalue weighted by Crippen LogP contribution is 2.40. The average molecular weight is 449 g/mol. The van der Waals surface area contributed by atoms with E-state index in [1.165, 1.54) is 19.3 Å². The van der Waals surface area contributed by atoms with Crippen molar-refractivity contribution >= 4 is 5.82 Å². The molecule has 1 atom stereocenters. The molecule has 8 nitrogen and oxygen atoms in total. The molecule has 0 unspecified atom stereocenters. The van der Waals surface area contributed by atoms with Crippen LogP contribution in [0.4, 0.5) is 14.6 Å². The van der Waals surface area contributed by atoms with Crippen LogP contribution < -0.4 is 4.90 Å². The van der Waals surface area contributed by atoms with Gasteiger partial charge in [0.25, 0.3) is 0 Å². The normalized spacial score (nSPS) is 22.7. The van der Waals surface area contributed by atoms with Gasteiger partial charge < -0.3 is 4.90 Å². The number of fused-ring (bicyclic) bond motifs is 3. The number of rotatable bonds is 4. The third-order valence-corrected chi connectivity index (χ3v) is 4.91. The molecule has 164 valence electrons. The van der Waals surface area contributed by atoms with Crippen molar-refractivity contribution in [2.45, 2.75) is 45.9 Å². The molecular formula is C22H22F2N8. The van der Waals surface area contributed by atoms with Crippen molar-refractivity contribution in [1.29, 1.82) is 0 Å².